The highest BCUT2D eigenvalue weighted by molar-refractivity contribution is 6.31. The first-order chi connectivity index (χ1) is 12.4. The van der Waals surface area contributed by atoms with Crippen LogP contribution in [-0.2, 0) is 16.1 Å². The highest BCUT2D eigenvalue weighted by Gasteiger charge is 2.16. The predicted octanol–water partition coefficient (Wildman–Crippen LogP) is 2.61. The first-order valence-electron chi connectivity index (χ1n) is 7.76. The number of alkyl halides is 2. The molecule has 1 aliphatic heterocycles. The molecular weight excluding hydrogens is 368 g/mol. The molecule has 3 heterocycles. The van der Waals surface area contributed by atoms with Crippen molar-refractivity contribution in [1.29, 1.82) is 0 Å². The molecule has 2 N–H and O–H groups in total. The summed E-state index contributed by atoms with van der Waals surface area (Å²) in [5.74, 6) is 0.362. The second-order valence-electron chi connectivity index (χ2n) is 5.64. The molecule has 0 saturated carbocycles. The number of carbonyl (C=O) groups excluding carboxylic acids is 1. The number of amides is 1. The van der Waals surface area contributed by atoms with E-state index in [1.807, 2.05) is 0 Å². The first-order valence-corrected chi connectivity index (χ1v) is 8.14. The first kappa shape index (κ1) is 18.1. The van der Waals surface area contributed by atoms with Crippen LogP contribution in [0.1, 0.15) is 6.92 Å². The van der Waals surface area contributed by atoms with Crippen molar-refractivity contribution in [3.63, 3.8) is 0 Å². The number of rotatable bonds is 6. The van der Waals surface area contributed by atoms with E-state index in [1.165, 1.54) is 6.92 Å². The standard InChI is InChI=1S/C16H16ClF2N5O2/c1-9(25)22-15-11-7-24(23-13(11)2-3-20-15)6-10-4-12(17)16(21-5-10)26-8-14(18)19/h2-4,7,14,21H,5-6,8H2,1H3,(H,20,22,25). The van der Waals surface area contributed by atoms with Gasteiger partial charge in [-0.2, -0.15) is 5.10 Å². The molecule has 138 valence electrons. The SMILES string of the molecule is CC(=O)Nc1nccc2nn(CC3=CC(Cl)=C(OCC(F)F)NC3)cc12. The molecule has 3 rings (SSSR count). The molecule has 1 aliphatic rings. The Balaban J connectivity index is 1.77. The highest BCUT2D eigenvalue weighted by atomic mass is 35.5. The van der Waals surface area contributed by atoms with Gasteiger partial charge in [0.25, 0.3) is 6.43 Å². The molecule has 26 heavy (non-hydrogen) atoms. The fraction of sp³-hybridized carbons (Fsp3) is 0.312. The van der Waals surface area contributed by atoms with Gasteiger partial charge in [0.15, 0.2) is 6.61 Å². The van der Waals surface area contributed by atoms with Crippen LogP contribution >= 0.6 is 11.6 Å². The van der Waals surface area contributed by atoms with Gasteiger partial charge in [-0.3, -0.25) is 9.48 Å². The predicted molar refractivity (Wildman–Crippen MR) is 92.8 cm³/mol. The Morgan fingerprint density at radius 1 is 1.54 bits per heavy atom. The second-order valence-corrected chi connectivity index (χ2v) is 6.04. The van der Waals surface area contributed by atoms with Gasteiger partial charge in [0.2, 0.25) is 11.8 Å². The van der Waals surface area contributed by atoms with E-state index in [2.05, 4.69) is 20.7 Å². The molecule has 0 spiro atoms. The largest absolute Gasteiger partial charge is 0.472 e. The van der Waals surface area contributed by atoms with Gasteiger partial charge in [0, 0.05) is 25.9 Å². The van der Waals surface area contributed by atoms with E-state index in [1.54, 1.807) is 29.2 Å². The summed E-state index contributed by atoms with van der Waals surface area (Å²) in [6, 6.07) is 1.74. The minimum absolute atomic E-state index is 0.137. The molecule has 1 amide bonds. The molecule has 0 aromatic carbocycles. The number of anilines is 1. The summed E-state index contributed by atoms with van der Waals surface area (Å²) in [6.07, 6.45) is 2.44. The summed E-state index contributed by atoms with van der Waals surface area (Å²) < 4.78 is 31.1. The number of ether oxygens (including phenoxy) is 1. The van der Waals surface area contributed by atoms with E-state index >= 15 is 0 Å². The lowest BCUT2D eigenvalue weighted by atomic mass is 10.2. The maximum atomic E-state index is 12.2. The van der Waals surface area contributed by atoms with Crippen LogP contribution in [0.3, 0.4) is 0 Å². The Labute approximate surface area is 152 Å². The average molecular weight is 384 g/mol. The molecule has 10 heteroatoms. The number of nitrogens with zero attached hydrogens (tertiary/aromatic N) is 3. The van der Waals surface area contributed by atoms with Crippen molar-refractivity contribution in [2.75, 3.05) is 18.5 Å². The highest BCUT2D eigenvalue weighted by Crippen LogP contribution is 2.22. The Kier molecular flexibility index (Phi) is 5.36. The summed E-state index contributed by atoms with van der Waals surface area (Å²) in [4.78, 5) is 15.4. The lowest BCUT2D eigenvalue weighted by molar-refractivity contribution is -0.114. The van der Waals surface area contributed by atoms with Crippen molar-refractivity contribution in [3.05, 3.63) is 41.0 Å². The van der Waals surface area contributed by atoms with Crippen molar-refractivity contribution in [3.8, 4) is 0 Å². The molecule has 0 unspecified atom stereocenters. The van der Waals surface area contributed by atoms with Gasteiger partial charge in [-0.15, -0.1) is 0 Å². The third kappa shape index (κ3) is 4.29. The molecule has 2 aromatic rings. The summed E-state index contributed by atoms with van der Waals surface area (Å²) in [5.41, 5.74) is 1.58. The van der Waals surface area contributed by atoms with Gasteiger partial charge in [-0.1, -0.05) is 11.6 Å². The van der Waals surface area contributed by atoms with Gasteiger partial charge in [0.05, 0.1) is 17.4 Å². The zero-order valence-corrected chi connectivity index (χ0v) is 14.6. The maximum Gasteiger partial charge on any atom is 0.272 e. The molecule has 0 aliphatic carbocycles. The zero-order valence-electron chi connectivity index (χ0n) is 13.8. The molecular formula is C16H16ClF2N5O2. The number of allylic oxidation sites excluding steroid dienone is 2. The van der Waals surface area contributed by atoms with Crippen LogP contribution < -0.4 is 10.6 Å². The van der Waals surface area contributed by atoms with Crippen LogP contribution in [0.4, 0.5) is 14.6 Å². The second kappa shape index (κ2) is 7.69. The summed E-state index contributed by atoms with van der Waals surface area (Å²) in [7, 11) is 0. The molecule has 0 saturated heterocycles. The summed E-state index contributed by atoms with van der Waals surface area (Å²) in [6.45, 7) is 1.51. The van der Waals surface area contributed by atoms with E-state index in [9.17, 15) is 13.6 Å². The Morgan fingerprint density at radius 3 is 3.04 bits per heavy atom. The van der Waals surface area contributed by atoms with E-state index in [0.717, 1.165) is 11.0 Å². The average Bonchev–Trinajstić information content (AvgIpc) is 2.97. The van der Waals surface area contributed by atoms with Gasteiger partial charge in [-0.25, -0.2) is 13.8 Å². The van der Waals surface area contributed by atoms with Gasteiger partial charge in [0.1, 0.15) is 10.9 Å². The minimum atomic E-state index is -2.57. The Bertz CT molecular complexity index is 894. The molecule has 0 radical (unpaired) electrons. The molecule has 0 atom stereocenters. The van der Waals surface area contributed by atoms with Gasteiger partial charge < -0.3 is 15.4 Å². The quantitative estimate of drug-likeness (QED) is 0.801. The number of aromatic nitrogens is 3. The zero-order chi connectivity index (χ0) is 18.7. The van der Waals surface area contributed by atoms with Crippen molar-refractivity contribution in [2.24, 2.45) is 0 Å². The Morgan fingerprint density at radius 2 is 2.35 bits per heavy atom. The van der Waals surface area contributed by atoms with Crippen molar-refractivity contribution >= 4 is 34.2 Å². The van der Waals surface area contributed by atoms with E-state index in [4.69, 9.17) is 16.3 Å². The molecule has 2 aromatic heterocycles. The third-order valence-electron chi connectivity index (χ3n) is 3.52. The van der Waals surface area contributed by atoms with Crippen LogP contribution in [0.15, 0.2) is 41.0 Å². The minimum Gasteiger partial charge on any atom is -0.472 e. The molecule has 0 fully saturated rings. The fourth-order valence-electron chi connectivity index (χ4n) is 2.49. The van der Waals surface area contributed by atoms with E-state index < -0.39 is 13.0 Å². The number of nitrogens with one attached hydrogen (secondary N) is 2. The van der Waals surface area contributed by atoms with Crippen LogP contribution in [0.2, 0.25) is 0 Å². The lowest BCUT2D eigenvalue weighted by Crippen LogP contribution is -2.26. The van der Waals surface area contributed by atoms with Crippen LogP contribution in [0, 0.1) is 0 Å². The van der Waals surface area contributed by atoms with Gasteiger partial charge >= 0.3 is 0 Å². The smallest absolute Gasteiger partial charge is 0.272 e. The van der Waals surface area contributed by atoms with Crippen LogP contribution in [0.25, 0.3) is 10.9 Å². The number of hydrogen-bond donors (Lipinski definition) is 2. The number of fused-ring (bicyclic) bond motifs is 1. The maximum absolute atomic E-state index is 12.2. The van der Waals surface area contributed by atoms with Crippen molar-refractivity contribution < 1.29 is 18.3 Å². The summed E-state index contributed by atoms with van der Waals surface area (Å²) in [5, 5.41) is 10.9. The monoisotopic (exact) mass is 383 g/mol. The fourth-order valence-corrected chi connectivity index (χ4v) is 2.77. The summed E-state index contributed by atoms with van der Waals surface area (Å²) >= 11 is 6.07. The van der Waals surface area contributed by atoms with Gasteiger partial charge in [-0.05, 0) is 17.7 Å². The number of carbonyl (C=O) groups is 1. The number of halogens is 3. The Hall–Kier alpha value is -2.68. The van der Waals surface area contributed by atoms with E-state index in [-0.39, 0.29) is 16.8 Å². The molecule has 7 nitrogen and oxygen atoms in total. The lowest BCUT2D eigenvalue weighted by Gasteiger charge is -2.19. The number of hydrogen-bond acceptors (Lipinski definition) is 5. The normalized spacial score (nSPS) is 14.4. The van der Waals surface area contributed by atoms with Crippen molar-refractivity contribution in [1.82, 2.24) is 20.1 Å². The van der Waals surface area contributed by atoms with Crippen molar-refractivity contribution in [2.45, 2.75) is 19.9 Å². The van der Waals surface area contributed by atoms with E-state index in [0.29, 0.717) is 24.4 Å². The third-order valence-corrected chi connectivity index (χ3v) is 3.80. The van der Waals surface area contributed by atoms with Crippen LogP contribution in [0.5, 0.6) is 0 Å². The topological polar surface area (TPSA) is 81.1 Å². The molecule has 0 bridgehead atoms. The number of dihydropyridines is 1. The number of pyridine rings is 1. The van der Waals surface area contributed by atoms with Crippen LogP contribution in [-0.4, -0.2) is 40.2 Å².